The Labute approximate surface area is 112 Å². The van der Waals surface area contributed by atoms with Crippen molar-refractivity contribution in [3.63, 3.8) is 0 Å². The molecule has 1 saturated heterocycles. The van der Waals surface area contributed by atoms with Gasteiger partial charge in [-0.2, -0.15) is 0 Å². The van der Waals surface area contributed by atoms with Gasteiger partial charge < -0.3 is 10.2 Å². The molecule has 104 valence electrons. The summed E-state index contributed by atoms with van der Waals surface area (Å²) in [6.45, 7) is 4.28. The van der Waals surface area contributed by atoms with Crippen LogP contribution in [0.2, 0.25) is 0 Å². The van der Waals surface area contributed by atoms with Crippen LogP contribution >= 0.6 is 0 Å². The number of hydrogen-bond donors (Lipinski definition) is 1. The summed E-state index contributed by atoms with van der Waals surface area (Å²) in [7, 11) is 0. The molecule has 1 heterocycles. The number of piperidine rings is 1. The third kappa shape index (κ3) is 3.82. The number of nitrogens with zero attached hydrogens (tertiary/aromatic N) is 2. The number of non-ortho nitro benzene ring substituents is 1. The van der Waals surface area contributed by atoms with E-state index in [1.807, 2.05) is 6.92 Å². The first-order valence-electron chi connectivity index (χ1n) is 6.63. The third-order valence-electron chi connectivity index (χ3n) is 3.06. The number of nitro benzene ring substituents is 1. The Morgan fingerprint density at radius 3 is 2.68 bits per heavy atom. The van der Waals surface area contributed by atoms with Gasteiger partial charge in [0.25, 0.3) is 5.69 Å². The van der Waals surface area contributed by atoms with Crippen LogP contribution in [0.4, 0.5) is 11.4 Å². The van der Waals surface area contributed by atoms with E-state index in [0.29, 0.717) is 18.0 Å². The first kappa shape index (κ1) is 13.6. The molecule has 1 fully saturated rings. The summed E-state index contributed by atoms with van der Waals surface area (Å²) in [5, 5.41) is 13.0. The molecule has 19 heavy (non-hydrogen) atoms. The van der Waals surface area contributed by atoms with E-state index in [9.17, 15) is 10.1 Å². The number of benzene rings is 1. The Bertz CT molecular complexity index is 445. The lowest BCUT2D eigenvalue weighted by Crippen LogP contribution is -2.34. The van der Waals surface area contributed by atoms with E-state index < -0.39 is 4.92 Å². The van der Waals surface area contributed by atoms with Crippen molar-refractivity contribution in [1.29, 1.82) is 0 Å². The molecule has 1 aromatic carbocycles. The Morgan fingerprint density at radius 1 is 1.32 bits per heavy atom. The predicted molar refractivity (Wildman–Crippen MR) is 73.3 cm³/mol. The van der Waals surface area contributed by atoms with Gasteiger partial charge in [-0.25, -0.2) is 5.01 Å². The van der Waals surface area contributed by atoms with Gasteiger partial charge in [-0.15, -0.1) is 0 Å². The lowest BCUT2D eigenvalue weighted by Gasteiger charge is -2.27. The molecular formula is C13H19N3O3. The van der Waals surface area contributed by atoms with Crippen LogP contribution in [0.3, 0.4) is 0 Å². The second-order valence-electron chi connectivity index (χ2n) is 4.57. The van der Waals surface area contributed by atoms with Gasteiger partial charge in [0.2, 0.25) is 0 Å². The molecule has 0 radical (unpaired) electrons. The highest BCUT2D eigenvalue weighted by Gasteiger charge is 2.14. The molecule has 0 atom stereocenters. The summed E-state index contributed by atoms with van der Waals surface area (Å²) in [5.41, 5.74) is 3.98. The first-order valence-corrected chi connectivity index (χ1v) is 6.63. The van der Waals surface area contributed by atoms with Crippen molar-refractivity contribution >= 4 is 11.4 Å². The summed E-state index contributed by atoms with van der Waals surface area (Å²) in [6.07, 6.45) is 3.55. The van der Waals surface area contributed by atoms with Crippen LogP contribution in [-0.2, 0) is 0 Å². The van der Waals surface area contributed by atoms with Crippen molar-refractivity contribution < 1.29 is 9.66 Å². The molecule has 0 unspecified atom stereocenters. The SMILES string of the molecule is CCOc1cc(NN2CCCCC2)cc([N+](=O)[O-])c1. The van der Waals surface area contributed by atoms with E-state index in [-0.39, 0.29) is 5.69 Å². The number of nitrogens with one attached hydrogen (secondary N) is 1. The van der Waals surface area contributed by atoms with E-state index in [2.05, 4.69) is 10.4 Å². The van der Waals surface area contributed by atoms with Crippen molar-refractivity contribution in [1.82, 2.24) is 5.01 Å². The second kappa shape index (κ2) is 6.38. The fourth-order valence-electron chi connectivity index (χ4n) is 2.19. The standard InChI is InChI=1S/C13H19N3O3/c1-2-19-13-9-11(8-12(10-13)16(17)18)14-15-6-4-3-5-7-15/h8-10,14H,2-7H2,1H3. The van der Waals surface area contributed by atoms with Gasteiger partial charge in [0, 0.05) is 25.2 Å². The molecule has 2 rings (SSSR count). The Hall–Kier alpha value is -1.82. The lowest BCUT2D eigenvalue weighted by molar-refractivity contribution is -0.384. The maximum atomic E-state index is 10.9. The van der Waals surface area contributed by atoms with Gasteiger partial charge in [0.1, 0.15) is 5.75 Å². The van der Waals surface area contributed by atoms with E-state index in [1.54, 1.807) is 6.07 Å². The quantitative estimate of drug-likeness (QED) is 0.655. The van der Waals surface area contributed by atoms with E-state index >= 15 is 0 Å². The van der Waals surface area contributed by atoms with E-state index in [1.165, 1.54) is 18.6 Å². The highest BCUT2D eigenvalue weighted by atomic mass is 16.6. The van der Waals surface area contributed by atoms with Crippen LogP contribution in [0.5, 0.6) is 5.75 Å². The number of ether oxygens (including phenoxy) is 1. The largest absolute Gasteiger partial charge is 0.494 e. The summed E-state index contributed by atoms with van der Waals surface area (Å²) in [5.74, 6) is 0.524. The second-order valence-corrected chi connectivity index (χ2v) is 4.57. The molecular weight excluding hydrogens is 246 g/mol. The highest BCUT2D eigenvalue weighted by molar-refractivity contribution is 5.55. The topological polar surface area (TPSA) is 67.6 Å². The summed E-state index contributed by atoms with van der Waals surface area (Å²) >= 11 is 0. The van der Waals surface area contributed by atoms with Crippen molar-refractivity contribution in [2.75, 3.05) is 25.1 Å². The zero-order chi connectivity index (χ0) is 13.7. The zero-order valence-electron chi connectivity index (χ0n) is 11.1. The third-order valence-corrected chi connectivity index (χ3v) is 3.06. The van der Waals surface area contributed by atoms with Crippen LogP contribution in [0.15, 0.2) is 18.2 Å². The fraction of sp³-hybridized carbons (Fsp3) is 0.538. The Balaban J connectivity index is 2.15. The first-order chi connectivity index (χ1) is 9.19. The molecule has 1 aliphatic rings. The predicted octanol–water partition coefficient (Wildman–Crippen LogP) is 2.81. The molecule has 1 N–H and O–H groups in total. The van der Waals surface area contributed by atoms with Crippen molar-refractivity contribution in [2.24, 2.45) is 0 Å². The lowest BCUT2D eigenvalue weighted by atomic mass is 10.2. The summed E-state index contributed by atoms with van der Waals surface area (Å²) in [4.78, 5) is 10.5. The van der Waals surface area contributed by atoms with Gasteiger partial charge in [-0.3, -0.25) is 10.1 Å². The Morgan fingerprint density at radius 2 is 2.05 bits per heavy atom. The maximum absolute atomic E-state index is 10.9. The fourth-order valence-corrected chi connectivity index (χ4v) is 2.19. The molecule has 6 nitrogen and oxygen atoms in total. The van der Waals surface area contributed by atoms with Gasteiger partial charge in [0.05, 0.1) is 23.3 Å². The normalized spacial score (nSPS) is 16.1. The number of nitro groups is 1. The average Bonchev–Trinajstić information content (AvgIpc) is 2.40. The zero-order valence-corrected chi connectivity index (χ0v) is 11.1. The molecule has 6 heteroatoms. The molecule has 0 aromatic heterocycles. The molecule has 0 bridgehead atoms. The number of hydrogen-bond acceptors (Lipinski definition) is 5. The van der Waals surface area contributed by atoms with E-state index in [0.717, 1.165) is 25.9 Å². The van der Waals surface area contributed by atoms with Crippen LogP contribution < -0.4 is 10.2 Å². The van der Waals surface area contributed by atoms with Gasteiger partial charge in [0.15, 0.2) is 0 Å². The summed E-state index contributed by atoms with van der Waals surface area (Å²) in [6, 6.07) is 4.78. The van der Waals surface area contributed by atoms with Crippen molar-refractivity contribution in [2.45, 2.75) is 26.2 Å². The minimum atomic E-state index is -0.399. The minimum Gasteiger partial charge on any atom is -0.494 e. The van der Waals surface area contributed by atoms with Gasteiger partial charge in [-0.1, -0.05) is 6.42 Å². The highest BCUT2D eigenvalue weighted by Crippen LogP contribution is 2.26. The van der Waals surface area contributed by atoms with E-state index in [4.69, 9.17) is 4.74 Å². The van der Waals surface area contributed by atoms with Gasteiger partial charge in [-0.05, 0) is 19.8 Å². The minimum absolute atomic E-state index is 0.0467. The van der Waals surface area contributed by atoms with Gasteiger partial charge >= 0.3 is 0 Å². The average molecular weight is 265 g/mol. The Kier molecular flexibility index (Phi) is 4.57. The molecule has 1 aliphatic heterocycles. The molecule has 0 aliphatic carbocycles. The molecule has 0 amide bonds. The summed E-state index contributed by atoms with van der Waals surface area (Å²) < 4.78 is 5.36. The molecule has 1 aromatic rings. The van der Waals surface area contributed by atoms with Crippen LogP contribution in [0.1, 0.15) is 26.2 Å². The number of anilines is 1. The van der Waals surface area contributed by atoms with Crippen LogP contribution in [0, 0.1) is 10.1 Å². The molecule has 0 spiro atoms. The maximum Gasteiger partial charge on any atom is 0.275 e. The van der Waals surface area contributed by atoms with Crippen molar-refractivity contribution in [3.05, 3.63) is 28.3 Å². The molecule has 0 saturated carbocycles. The van der Waals surface area contributed by atoms with Crippen LogP contribution in [0.25, 0.3) is 0 Å². The number of rotatable bonds is 5. The number of hydrazine groups is 1. The smallest absolute Gasteiger partial charge is 0.275 e. The van der Waals surface area contributed by atoms with Crippen molar-refractivity contribution in [3.8, 4) is 5.75 Å². The van der Waals surface area contributed by atoms with Crippen LogP contribution in [-0.4, -0.2) is 29.6 Å². The monoisotopic (exact) mass is 265 g/mol.